The molecule has 106 valence electrons. The van der Waals surface area contributed by atoms with Crippen molar-refractivity contribution in [2.75, 3.05) is 6.61 Å². The topological polar surface area (TPSA) is 29.5 Å². The maximum Gasteiger partial charge on any atom is 0.416 e. The van der Waals surface area contributed by atoms with Crippen LogP contribution < -0.4 is 0 Å². The van der Waals surface area contributed by atoms with Crippen LogP contribution in [0.2, 0.25) is 0 Å². The van der Waals surface area contributed by atoms with E-state index in [0.29, 0.717) is 18.6 Å². The summed E-state index contributed by atoms with van der Waals surface area (Å²) >= 11 is 0. The Morgan fingerprint density at radius 3 is 2.53 bits per heavy atom. The second-order valence-corrected chi connectivity index (χ2v) is 5.65. The van der Waals surface area contributed by atoms with Crippen LogP contribution in [-0.4, -0.2) is 17.3 Å². The summed E-state index contributed by atoms with van der Waals surface area (Å²) in [5, 5.41) is 10.6. The Kier molecular flexibility index (Phi) is 3.39. The highest BCUT2D eigenvalue weighted by Gasteiger charge is 2.41. The normalized spacial score (nSPS) is 27.3. The van der Waals surface area contributed by atoms with Gasteiger partial charge >= 0.3 is 6.18 Å². The standard InChI is InChI=1S/C14H17F3O2/c1-12(2)9-13(18,6-7-19-12)10-4-3-5-11(8-10)14(15,16)17/h3-5,8,18H,6-7,9H2,1-2H3. The highest BCUT2D eigenvalue weighted by atomic mass is 19.4. The number of alkyl halides is 3. The zero-order valence-corrected chi connectivity index (χ0v) is 10.9. The predicted octanol–water partition coefficient (Wildman–Crippen LogP) is 3.48. The van der Waals surface area contributed by atoms with Crippen LogP contribution in [0.15, 0.2) is 24.3 Å². The lowest BCUT2D eigenvalue weighted by molar-refractivity contribution is -0.149. The minimum absolute atomic E-state index is 0.279. The first-order valence-electron chi connectivity index (χ1n) is 6.17. The molecule has 1 aromatic rings. The van der Waals surface area contributed by atoms with Crippen LogP contribution in [0.5, 0.6) is 0 Å². The van der Waals surface area contributed by atoms with Crippen LogP contribution in [0.4, 0.5) is 13.2 Å². The van der Waals surface area contributed by atoms with Gasteiger partial charge in [0.05, 0.1) is 23.4 Å². The van der Waals surface area contributed by atoms with Crippen LogP contribution >= 0.6 is 0 Å². The first kappa shape index (κ1) is 14.3. The molecule has 0 saturated carbocycles. The molecule has 1 aromatic carbocycles. The van der Waals surface area contributed by atoms with Gasteiger partial charge < -0.3 is 9.84 Å². The van der Waals surface area contributed by atoms with Crippen molar-refractivity contribution in [3.05, 3.63) is 35.4 Å². The molecule has 0 radical (unpaired) electrons. The molecule has 2 rings (SSSR count). The van der Waals surface area contributed by atoms with Crippen LogP contribution in [-0.2, 0) is 16.5 Å². The van der Waals surface area contributed by atoms with Gasteiger partial charge in [-0.1, -0.05) is 12.1 Å². The Bertz CT molecular complexity index is 468. The molecule has 2 nitrogen and oxygen atoms in total. The van der Waals surface area contributed by atoms with Crippen molar-refractivity contribution in [1.82, 2.24) is 0 Å². The van der Waals surface area contributed by atoms with Crippen LogP contribution in [0.1, 0.15) is 37.8 Å². The average Bonchev–Trinajstić information content (AvgIpc) is 2.26. The predicted molar refractivity (Wildman–Crippen MR) is 64.6 cm³/mol. The van der Waals surface area contributed by atoms with Gasteiger partial charge in [0.25, 0.3) is 0 Å². The molecule has 1 saturated heterocycles. The van der Waals surface area contributed by atoms with Crippen LogP contribution in [0.3, 0.4) is 0 Å². The maximum absolute atomic E-state index is 12.7. The van der Waals surface area contributed by atoms with E-state index in [2.05, 4.69) is 0 Å². The highest BCUT2D eigenvalue weighted by Crippen LogP contribution is 2.40. The lowest BCUT2D eigenvalue weighted by Gasteiger charge is -2.42. The fourth-order valence-corrected chi connectivity index (χ4v) is 2.57. The number of hydrogen-bond acceptors (Lipinski definition) is 2. The summed E-state index contributed by atoms with van der Waals surface area (Å²) in [5.74, 6) is 0. The summed E-state index contributed by atoms with van der Waals surface area (Å²) in [7, 11) is 0. The van der Waals surface area contributed by atoms with Crippen molar-refractivity contribution in [2.24, 2.45) is 0 Å². The fraction of sp³-hybridized carbons (Fsp3) is 0.571. The summed E-state index contributed by atoms with van der Waals surface area (Å²) in [5.41, 5.74) is -2.23. The Labute approximate surface area is 110 Å². The van der Waals surface area contributed by atoms with Crippen molar-refractivity contribution >= 4 is 0 Å². The van der Waals surface area contributed by atoms with E-state index in [1.807, 2.05) is 13.8 Å². The molecule has 1 aliphatic heterocycles. The molecular weight excluding hydrogens is 257 g/mol. The second-order valence-electron chi connectivity index (χ2n) is 5.65. The summed E-state index contributed by atoms with van der Waals surface area (Å²) in [6.45, 7) is 3.98. The average molecular weight is 274 g/mol. The van der Waals surface area contributed by atoms with Gasteiger partial charge in [0.2, 0.25) is 0 Å². The Morgan fingerprint density at radius 2 is 1.95 bits per heavy atom. The molecular formula is C14H17F3O2. The van der Waals surface area contributed by atoms with E-state index < -0.39 is 22.9 Å². The third-order valence-corrected chi connectivity index (χ3v) is 3.45. The Morgan fingerprint density at radius 1 is 1.26 bits per heavy atom. The zero-order valence-electron chi connectivity index (χ0n) is 10.9. The third kappa shape index (κ3) is 3.09. The van der Waals surface area contributed by atoms with Crippen molar-refractivity contribution in [2.45, 2.75) is 44.1 Å². The van der Waals surface area contributed by atoms with Gasteiger partial charge in [-0.25, -0.2) is 0 Å². The molecule has 0 aliphatic carbocycles. The molecule has 0 spiro atoms. The Balaban J connectivity index is 2.36. The fourth-order valence-electron chi connectivity index (χ4n) is 2.57. The third-order valence-electron chi connectivity index (χ3n) is 3.45. The molecule has 1 fully saturated rings. The van der Waals surface area contributed by atoms with Crippen molar-refractivity contribution in [3.8, 4) is 0 Å². The van der Waals surface area contributed by atoms with Crippen LogP contribution in [0.25, 0.3) is 0 Å². The van der Waals surface area contributed by atoms with E-state index in [-0.39, 0.29) is 6.42 Å². The molecule has 1 unspecified atom stereocenters. The number of rotatable bonds is 1. The van der Waals surface area contributed by atoms with E-state index in [0.717, 1.165) is 12.1 Å². The molecule has 1 aliphatic rings. The quantitative estimate of drug-likeness (QED) is 0.849. The first-order valence-corrected chi connectivity index (χ1v) is 6.17. The smallest absolute Gasteiger partial charge is 0.385 e. The molecule has 1 heterocycles. The zero-order chi connectivity index (χ0) is 14.3. The van der Waals surface area contributed by atoms with Crippen molar-refractivity contribution < 1.29 is 23.0 Å². The second kappa shape index (κ2) is 4.49. The molecule has 0 bridgehead atoms. The number of benzene rings is 1. The van der Waals surface area contributed by atoms with Gasteiger partial charge in [-0.2, -0.15) is 13.2 Å². The van der Waals surface area contributed by atoms with Crippen LogP contribution in [0, 0.1) is 0 Å². The van der Waals surface area contributed by atoms with Crippen molar-refractivity contribution in [1.29, 1.82) is 0 Å². The molecule has 5 heteroatoms. The lowest BCUT2D eigenvalue weighted by atomic mass is 9.79. The summed E-state index contributed by atoms with van der Waals surface area (Å²) in [6, 6.07) is 4.91. The number of halogens is 3. The summed E-state index contributed by atoms with van der Waals surface area (Å²) in [6.07, 6.45) is -3.81. The summed E-state index contributed by atoms with van der Waals surface area (Å²) < 4.78 is 43.6. The van der Waals surface area contributed by atoms with E-state index in [4.69, 9.17) is 4.74 Å². The first-order chi connectivity index (χ1) is 8.62. The van der Waals surface area contributed by atoms with Gasteiger partial charge in [-0.05, 0) is 31.5 Å². The lowest BCUT2D eigenvalue weighted by Crippen LogP contribution is -2.44. The van der Waals surface area contributed by atoms with Gasteiger partial charge in [-0.15, -0.1) is 0 Å². The summed E-state index contributed by atoms with van der Waals surface area (Å²) in [4.78, 5) is 0. The van der Waals surface area contributed by atoms with Gasteiger partial charge in [0, 0.05) is 12.8 Å². The number of hydrogen-bond donors (Lipinski definition) is 1. The van der Waals surface area contributed by atoms with E-state index in [1.165, 1.54) is 12.1 Å². The minimum Gasteiger partial charge on any atom is -0.385 e. The van der Waals surface area contributed by atoms with E-state index in [9.17, 15) is 18.3 Å². The number of ether oxygens (including phenoxy) is 1. The maximum atomic E-state index is 12.7. The number of aliphatic hydroxyl groups is 1. The Hall–Kier alpha value is -1.07. The SMILES string of the molecule is CC1(C)CC(O)(c2cccc(C(F)(F)F)c2)CCO1. The van der Waals surface area contributed by atoms with Gasteiger partial charge in [0.15, 0.2) is 0 Å². The minimum atomic E-state index is -4.40. The van der Waals surface area contributed by atoms with Crippen molar-refractivity contribution in [3.63, 3.8) is 0 Å². The monoisotopic (exact) mass is 274 g/mol. The van der Waals surface area contributed by atoms with E-state index >= 15 is 0 Å². The van der Waals surface area contributed by atoms with E-state index in [1.54, 1.807) is 0 Å². The molecule has 19 heavy (non-hydrogen) atoms. The molecule has 0 aromatic heterocycles. The molecule has 1 N–H and O–H groups in total. The molecule has 0 amide bonds. The van der Waals surface area contributed by atoms with Gasteiger partial charge in [-0.3, -0.25) is 0 Å². The molecule has 1 atom stereocenters. The van der Waals surface area contributed by atoms with Gasteiger partial charge in [0.1, 0.15) is 0 Å². The highest BCUT2D eigenvalue weighted by molar-refractivity contribution is 5.30. The largest absolute Gasteiger partial charge is 0.416 e.